The van der Waals surface area contributed by atoms with Crippen molar-refractivity contribution in [1.82, 2.24) is 0 Å². The molecule has 4 aromatic rings. The lowest BCUT2D eigenvalue weighted by Gasteiger charge is -2.11. The van der Waals surface area contributed by atoms with Crippen LogP contribution in [0.5, 0.6) is 5.75 Å². The van der Waals surface area contributed by atoms with Gasteiger partial charge in [0.25, 0.3) is 0 Å². The van der Waals surface area contributed by atoms with E-state index in [2.05, 4.69) is 62.4 Å². The topological polar surface area (TPSA) is 9.23 Å². The van der Waals surface area contributed by atoms with Crippen molar-refractivity contribution >= 4 is 0 Å². The number of rotatable bonds is 13. The summed E-state index contributed by atoms with van der Waals surface area (Å²) in [4.78, 5) is 0. The van der Waals surface area contributed by atoms with Crippen molar-refractivity contribution < 1.29 is 13.5 Å². The van der Waals surface area contributed by atoms with Crippen LogP contribution in [0.2, 0.25) is 0 Å². The Hall–Kier alpha value is -3.46. The number of hydrogen-bond acceptors (Lipinski definition) is 1. The van der Waals surface area contributed by atoms with Crippen molar-refractivity contribution in [3.05, 3.63) is 102 Å². The van der Waals surface area contributed by atoms with E-state index in [4.69, 9.17) is 4.74 Å². The van der Waals surface area contributed by atoms with Crippen molar-refractivity contribution in [3.63, 3.8) is 0 Å². The summed E-state index contributed by atoms with van der Waals surface area (Å²) in [5.74, 6) is -1.82. The molecule has 0 spiro atoms. The molecule has 0 N–H and O–H groups in total. The predicted molar refractivity (Wildman–Crippen MR) is 156 cm³/mol. The van der Waals surface area contributed by atoms with Crippen LogP contribution in [0.4, 0.5) is 8.78 Å². The van der Waals surface area contributed by atoms with Crippen LogP contribution >= 0.6 is 0 Å². The first-order chi connectivity index (χ1) is 18.6. The predicted octanol–water partition coefficient (Wildman–Crippen LogP) is 10.7. The van der Waals surface area contributed by atoms with Gasteiger partial charge in [0.1, 0.15) is 0 Å². The first-order valence-corrected chi connectivity index (χ1v) is 14.0. The summed E-state index contributed by atoms with van der Waals surface area (Å²) in [6.07, 6.45) is 8.99. The lowest BCUT2D eigenvalue weighted by molar-refractivity contribution is 0.285. The van der Waals surface area contributed by atoms with Gasteiger partial charge in [-0.15, -0.1) is 0 Å². The van der Waals surface area contributed by atoms with Crippen LogP contribution in [-0.2, 0) is 6.42 Å². The molecule has 3 heteroatoms. The Bertz CT molecular complexity index is 1280. The van der Waals surface area contributed by atoms with Crippen LogP contribution in [0.25, 0.3) is 33.4 Å². The van der Waals surface area contributed by atoms with E-state index in [1.54, 1.807) is 6.07 Å². The second kappa shape index (κ2) is 13.9. The van der Waals surface area contributed by atoms with Crippen molar-refractivity contribution in [1.29, 1.82) is 0 Å². The van der Waals surface area contributed by atoms with E-state index in [1.165, 1.54) is 42.0 Å². The molecule has 0 atom stereocenters. The average Bonchev–Trinajstić information content (AvgIpc) is 2.96. The quantitative estimate of drug-likeness (QED) is 0.162. The summed E-state index contributed by atoms with van der Waals surface area (Å²) in [5, 5.41) is 0. The van der Waals surface area contributed by atoms with Gasteiger partial charge < -0.3 is 4.74 Å². The Balaban J connectivity index is 1.41. The highest BCUT2D eigenvalue weighted by molar-refractivity contribution is 5.73. The van der Waals surface area contributed by atoms with Gasteiger partial charge in [0.2, 0.25) is 5.82 Å². The van der Waals surface area contributed by atoms with Crippen LogP contribution in [-0.4, -0.2) is 6.61 Å². The lowest BCUT2D eigenvalue weighted by Crippen LogP contribution is -2.01. The van der Waals surface area contributed by atoms with Crippen molar-refractivity contribution in [3.8, 4) is 39.1 Å². The smallest absolute Gasteiger partial charge is 0.201 e. The zero-order valence-corrected chi connectivity index (χ0v) is 22.6. The first-order valence-electron chi connectivity index (χ1n) is 14.0. The summed E-state index contributed by atoms with van der Waals surface area (Å²) < 4.78 is 35.0. The minimum atomic E-state index is -0.924. The maximum atomic E-state index is 14.9. The lowest BCUT2D eigenvalue weighted by atomic mass is 9.97. The second-order valence-corrected chi connectivity index (χ2v) is 9.96. The van der Waals surface area contributed by atoms with Crippen molar-refractivity contribution in [2.75, 3.05) is 6.61 Å². The minimum absolute atomic E-state index is 0.0226. The Kier molecular flexibility index (Phi) is 10.1. The standard InChI is InChI=1S/C35H38F2O/c1-3-5-7-9-25-38-33-24-23-32(34(36)35(33)37)31-21-19-30(20-22-31)29-17-15-28(16-18-29)27-13-11-26(12-14-27)10-8-6-4-2/h11-24H,3-10,25H2,1-2H3. The van der Waals surface area contributed by atoms with Crippen LogP contribution < -0.4 is 4.74 Å². The molecule has 0 bridgehead atoms. The summed E-state index contributed by atoms with van der Waals surface area (Å²) >= 11 is 0. The number of ether oxygens (including phenoxy) is 1. The molecule has 4 aromatic carbocycles. The average molecular weight is 513 g/mol. The number of aryl methyl sites for hydroxylation is 1. The third kappa shape index (κ3) is 7.10. The molecular weight excluding hydrogens is 474 g/mol. The molecule has 0 saturated heterocycles. The van der Waals surface area contributed by atoms with E-state index in [0.29, 0.717) is 12.2 Å². The van der Waals surface area contributed by atoms with Gasteiger partial charge in [0.05, 0.1) is 6.61 Å². The molecule has 198 valence electrons. The van der Waals surface area contributed by atoms with Crippen LogP contribution in [0.15, 0.2) is 84.9 Å². The first kappa shape index (κ1) is 27.6. The molecular formula is C35H38F2O. The Morgan fingerprint density at radius 1 is 0.500 bits per heavy atom. The monoisotopic (exact) mass is 512 g/mol. The molecule has 4 rings (SSSR count). The third-order valence-corrected chi connectivity index (χ3v) is 7.07. The summed E-state index contributed by atoms with van der Waals surface area (Å²) in [6, 6.07) is 28.0. The molecule has 0 heterocycles. The Labute approximate surface area is 226 Å². The summed E-state index contributed by atoms with van der Waals surface area (Å²) in [7, 11) is 0. The molecule has 0 aliphatic rings. The largest absolute Gasteiger partial charge is 0.490 e. The maximum absolute atomic E-state index is 14.9. The fourth-order valence-electron chi connectivity index (χ4n) is 4.72. The van der Waals surface area contributed by atoms with E-state index in [9.17, 15) is 8.78 Å². The highest BCUT2D eigenvalue weighted by atomic mass is 19.2. The van der Waals surface area contributed by atoms with Crippen LogP contribution in [0, 0.1) is 11.6 Å². The van der Waals surface area contributed by atoms with E-state index >= 15 is 0 Å². The van der Waals surface area contributed by atoms with Gasteiger partial charge in [-0.3, -0.25) is 0 Å². The van der Waals surface area contributed by atoms with Gasteiger partial charge in [-0.05, 0) is 64.8 Å². The van der Waals surface area contributed by atoms with Crippen LogP contribution in [0.1, 0.15) is 64.4 Å². The van der Waals surface area contributed by atoms with Crippen molar-refractivity contribution in [2.45, 2.75) is 65.2 Å². The van der Waals surface area contributed by atoms with E-state index < -0.39 is 11.6 Å². The van der Waals surface area contributed by atoms with E-state index in [-0.39, 0.29) is 11.3 Å². The number of hydrogen-bond donors (Lipinski definition) is 0. The van der Waals surface area contributed by atoms with Gasteiger partial charge in [0.15, 0.2) is 11.6 Å². The molecule has 0 aromatic heterocycles. The second-order valence-electron chi connectivity index (χ2n) is 9.96. The molecule has 0 aliphatic carbocycles. The van der Waals surface area contributed by atoms with Gasteiger partial charge in [0, 0.05) is 5.56 Å². The fourth-order valence-corrected chi connectivity index (χ4v) is 4.72. The highest BCUT2D eigenvalue weighted by Crippen LogP contribution is 2.32. The van der Waals surface area contributed by atoms with Gasteiger partial charge in [-0.2, -0.15) is 4.39 Å². The molecule has 0 aliphatic heterocycles. The zero-order valence-electron chi connectivity index (χ0n) is 22.6. The van der Waals surface area contributed by atoms with Gasteiger partial charge in [-0.1, -0.05) is 119 Å². The summed E-state index contributed by atoms with van der Waals surface area (Å²) in [5.41, 5.74) is 6.75. The molecule has 0 radical (unpaired) electrons. The molecule has 1 nitrogen and oxygen atoms in total. The molecule has 0 unspecified atom stereocenters. The number of benzene rings is 4. The fraction of sp³-hybridized carbons (Fsp3) is 0.314. The maximum Gasteiger partial charge on any atom is 0.201 e. The van der Waals surface area contributed by atoms with E-state index in [1.807, 2.05) is 24.3 Å². The van der Waals surface area contributed by atoms with Crippen LogP contribution in [0.3, 0.4) is 0 Å². The molecule has 0 fully saturated rings. The molecule has 38 heavy (non-hydrogen) atoms. The van der Waals surface area contributed by atoms with E-state index in [0.717, 1.165) is 43.2 Å². The third-order valence-electron chi connectivity index (χ3n) is 7.07. The highest BCUT2D eigenvalue weighted by Gasteiger charge is 2.16. The minimum Gasteiger partial charge on any atom is -0.490 e. The molecule has 0 amide bonds. The normalized spacial score (nSPS) is 11.1. The van der Waals surface area contributed by atoms with Crippen molar-refractivity contribution in [2.24, 2.45) is 0 Å². The Morgan fingerprint density at radius 2 is 1.00 bits per heavy atom. The number of halogens is 2. The molecule has 0 saturated carbocycles. The summed E-state index contributed by atoms with van der Waals surface area (Å²) in [6.45, 7) is 4.76. The SMILES string of the molecule is CCCCCCOc1ccc(-c2ccc(-c3ccc(-c4ccc(CCCCC)cc4)cc3)cc2)c(F)c1F. The number of unbranched alkanes of at least 4 members (excludes halogenated alkanes) is 5. The zero-order chi connectivity index (χ0) is 26.7. The van der Waals surface area contributed by atoms with Gasteiger partial charge >= 0.3 is 0 Å². The Morgan fingerprint density at radius 3 is 1.55 bits per heavy atom. The van der Waals surface area contributed by atoms with Gasteiger partial charge in [-0.25, -0.2) is 4.39 Å².